The first-order valence-corrected chi connectivity index (χ1v) is 6.18. The molecule has 19 heavy (non-hydrogen) atoms. The molecular weight excluding hydrogens is 243 g/mol. The van der Waals surface area contributed by atoms with E-state index in [1.165, 1.54) is 0 Å². The molecule has 0 radical (unpaired) electrons. The largest absolute Gasteiger partial charge is 0.436 e. The van der Waals surface area contributed by atoms with Crippen molar-refractivity contribution in [1.29, 1.82) is 0 Å². The highest BCUT2D eigenvalue weighted by molar-refractivity contribution is 5.34. The maximum Gasteiger partial charge on any atom is 0.219 e. The summed E-state index contributed by atoms with van der Waals surface area (Å²) in [6.45, 7) is 3.74. The van der Waals surface area contributed by atoms with Crippen LogP contribution in [0.25, 0.3) is 0 Å². The molecule has 0 fully saturated rings. The van der Waals surface area contributed by atoms with Crippen molar-refractivity contribution in [2.45, 2.75) is 19.9 Å². The van der Waals surface area contributed by atoms with E-state index in [4.69, 9.17) is 4.74 Å². The van der Waals surface area contributed by atoms with Crippen LogP contribution in [-0.2, 0) is 0 Å². The van der Waals surface area contributed by atoms with Crippen LogP contribution in [0.15, 0.2) is 36.5 Å². The van der Waals surface area contributed by atoms with Gasteiger partial charge in [-0.1, -0.05) is 12.1 Å². The lowest BCUT2D eigenvalue weighted by Crippen LogP contribution is -2.12. The zero-order chi connectivity index (χ0) is 13.8. The zero-order valence-corrected chi connectivity index (χ0v) is 11.3. The SMILES string of the molecule is CNC(C)c1ccnc(Oc2cccc(C)c2F)c1. The second-order valence-electron chi connectivity index (χ2n) is 4.43. The van der Waals surface area contributed by atoms with E-state index in [9.17, 15) is 4.39 Å². The molecule has 0 aliphatic heterocycles. The maximum absolute atomic E-state index is 13.8. The second-order valence-corrected chi connectivity index (χ2v) is 4.43. The fourth-order valence-corrected chi connectivity index (χ4v) is 1.73. The molecule has 1 unspecified atom stereocenters. The average molecular weight is 260 g/mol. The summed E-state index contributed by atoms with van der Waals surface area (Å²) in [6, 6.07) is 8.96. The summed E-state index contributed by atoms with van der Waals surface area (Å²) in [5, 5.41) is 3.14. The van der Waals surface area contributed by atoms with Crippen molar-refractivity contribution in [2.24, 2.45) is 0 Å². The monoisotopic (exact) mass is 260 g/mol. The van der Waals surface area contributed by atoms with Gasteiger partial charge < -0.3 is 10.1 Å². The minimum atomic E-state index is -0.351. The number of aryl methyl sites for hydroxylation is 1. The Hall–Kier alpha value is -1.94. The molecule has 0 spiro atoms. The molecule has 100 valence electrons. The topological polar surface area (TPSA) is 34.2 Å². The van der Waals surface area contributed by atoms with E-state index in [1.54, 1.807) is 31.3 Å². The Morgan fingerprint density at radius 2 is 2.11 bits per heavy atom. The van der Waals surface area contributed by atoms with Crippen LogP contribution in [0.1, 0.15) is 24.1 Å². The highest BCUT2D eigenvalue weighted by atomic mass is 19.1. The molecule has 1 N–H and O–H groups in total. The summed E-state index contributed by atoms with van der Waals surface area (Å²) in [5.41, 5.74) is 1.60. The Bertz CT molecular complexity index is 572. The van der Waals surface area contributed by atoms with E-state index < -0.39 is 0 Å². The molecule has 4 heteroatoms. The van der Waals surface area contributed by atoms with Crippen molar-refractivity contribution < 1.29 is 9.13 Å². The van der Waals surface area contributed by atoms with Gasteiger partial charge in [0.15, 0.2) is 11.6 Å². The van der Waals surface area contributed by atoms with E-state index in [1.807, 2.05) is 26.1 Å². The summed E-state index contributed by atoms with van der Waals surface area (Å²) < 4.78 is 19.4. The Morgan fingerprint density at radius 3 is 2.84 bits per heavy atom. The molecule has 0 saturated heterocycles. The van der Waals surface area contributed by atoms with Crippen LogP contribution in [-0.4, -0.2) is 12.0 Å². The van der Waals surface area contributed by atoms with E-state index in [0.717, 1.165) is 5.56 Å². The molecular formula is C15H17FN2O. The van der Waals surface area contributed by atoms with Crippen molar-refractivity contribution in [3.63, 3.8) is 0 Å². The van der Waals surface area contributed by atoms with Crippen molar-refractivity contribution in [1.82, 2.24) is 10.3 Å². The lowest BCUT2D eigenvalue weighted by atomic mass is 10.1. The first kappa shape index (κ1) is 13.5. The molecule has 1 aromatic heterocycles. The number of rotatable bonds is 4. The van der Waals surface area contributed by atoms with Gasteiger partial charge in [-0.25, -0.2) is 9.37 Å². The molecule has 0 saturated carbocycles. The summed E-state index contributed by atoms with van der Waals surface area (Å²) in [7, 11) is 1.88. The summed E-state index contributed by atoms with van der Waals surface area (Å²) in [6.07, 6.45) is 1.66. The Balaban J connectivity index is 2.26. The number of aromatic nitrogens is 1. The Labute approximate surface area is 112 Å². The number of hydrogen-bond donors (Lipinski definition) is 1. The molecule has 1 heterocycles. The quantitative estimate of drug-likeness (QED) is 0.912. The predicted molar refractivity (Wildman–Crippen MR) is 72.9 cm³/mol. The van der Waals surface area contributed by atoms with Crippen LogP contribution in [0, 0.1) is 12.7 Å². The predicted octanol–water partition coefficient (Wildman–Crippen LogP) is 3.60. The van der Waals surface area contributed by atoms with Crippen LogP contribution in [0.5, 0.6) is 11.6 Å². The zero-order valence-electron chi connectivity index (χ0n) is 11.3. The fraction of sp³-hybridized carbons (Fsp3) is 0.267. The lowest BCUT2D eigenvalue weighted by Gasteiger charge is -2.12. The summed E-state index contributed by atoms with van der Waals surface area (Å²) in [4.78, 5) is 4.11. The van der Waals surface area contributed by atoms with Gasteiger partial charge in [0.1, 0.15) is 0 Å². The van der Waals surface area contributed by atoms with Gasteiger partial charge in [-0.05, 0) is 44.2 Å². The Morgan fingerprint density at radius 1 is 1.32 bits per heavy atom. The van der Waals surface area contributed by atoms with Gasteiger partial charge in [-0.2, -0.15) is 0 Å². The molecule has 2 rings (SSSR count). The molecule has 0 aliphatic rings. The van der Waals surface area contributed by atoms with Gasteiger partial charge in [0.25, 0.3) is 0 Å². The van der Waals surface area contributed by atoms with Crippen molar-refractivity contribution in [3.05, 3.63) is 53.5 Å². The lowest BCUT2D eigenvalue weighted by molar-refractivity contribution is 0.424. The van der Waals surface area contributed by atoms with Gasteiger partial charge in [0.2, 0.25) is 5.88 Å². The third-order valence-corrected chi connectivity index (χ3v) is 3.06. The van der Waals surface area contributed by atoms with E-state index in [-0.39, 0.29) is 17.6 Å². The minimum absolute atomic E-state index is 0.188. The summed E-state index contributed by atoms with van der Waals surface area (Å²) in [5.74, 6) is 0.238. The van der Waals surface area contributed by atoms with Gasteiger partial charge in [0, 0.05) is 18.3 Å². The van der Waals surface area contributed by atoms with Gasteiger partial charge >= 0.3 is 0 Å². The Kier molecular flexibility index (Phi) is 4.12. The van der Waals surface area contributed by atoms with Gasteiger partial charge in [0.05, 0.1) is 0 Å². The molecule has 0 amide bonds. The molecule has 0 bridgehead atoms. The number of ether oxygens (including phenoxy) is 1. The third kappa shape index (κ3) is 3.09. The van der Waals surface area contributed by atoms with Crippen molar-refractivity contribution >= 4 is 0 Å². The average Bonchev–Trinajstić information content (AvgIpc) is 2.43. The number of hydrogen-bond acceptors (Lipinski definition) is 3. The number of nitrogens with zero attached hydrogens (tertiary/aromatic N) is 1. The van der Waals surface area contributed by atoms with Crippen LogP contribution in [0.3, 0.4) is 0 Å². The van der Waals surface area contributed by atoms with E-state index >= 15 is 0 Å². The van der Waals surface area contributed by atoms with E-state index in [2.05, 4.69) is 10.3 Å². The van der Waals surface area contributed by atoms with Crippen molar-refractivity contribution in [2.75, 3.05) is 7.05 Å². The first-order chi connectivity index (χ1) is 9.11. The maximum atomic E-state index is 13.8. The normalized spacial score (nSPS) is 12.2. The smallest absolute Gasteiger partial charge is 0.219 e. The van der Waals surface area contributed by atoms with Crippen LogP contribution >= 0.6 is 0 Å². The highest BCUT2D eigenvalue weighted by Crippen LogP contribution is 2.26. The van der Waals surface area contributed by atoms with Gasteiger partial charge in [-0.3, -0.25) is 0 Å². The van der Waals surface area contributed by atoms with Crippen LogP contribution in [0.4, 0.5) is 4.39 Å². The highest BCUT2D eigenvalue weighted by Gasteiger charge is 2.09. The third-order valence-electron chi connectivity index (χ3n) is 3.06. The van der Waals surface area contributed by atoms with E-state index in [0.29, 0.717) is 11.4 Å². The standard InChI is InChI=1S/C15H17FN2O/c1-10-5-4-6-13(15(10)16)19-14-9-12(7-8-18-14)11(2)17-3/h4-9,11,17H,1-3H3. The van der Waals surface area contributed by atoms with Crippen LogP contribution < -0.4 is 10.1 Å². The molecule has 2 aromatic rings. The molecule has 0 aliphatic carbocycles. The van der Waals surface area contributed by atoms with Crippen molar-refractivity contribution in [3.8, 4) is 11.6 Å². The molecule has 1 aromatic carbocycles. The van der Waals surface area contributed by atoms with Crippen LogP contribution in [0.2, 0.25) is 0 Å². The van der Waals surface area contributed by atoms with Gasteiger partial charge in [-0.15, -0.1) is 0 Å². The summed E-state index contributed by atoms with van der Waals surface area (Å²) >= 11 is 0. The second kappa shape index (κ2) is 5.80. The first-order valence-electron chi connectivity index (χ1n) is 6.18. The number of halogens is 1. The molecule has 1 atom stereocenters. The fourth-order valence-electron chi connectivity index (χ4n) is 1.73. The number of pyridine rings is 1. The minimum Gasteiger partial charge on any atom is -0.436 e. The number of benzene rings is 1. The number of nitrogens with one attached hydrogen (secondary N) is 1. The molecule has 3 nitrogen and oxygen atoms in total.